The molecule has 0 fully saturated rings. The van der Waals surface area contributed by atoms with Gasteiger partial charge in [-0.05, 0) is 58.4 Å². The number of benzene rings is 2. The minimum absolute atomic E-state index is 0.135. The van der Waals surface area contributed by atoms with E-state index in [4.69, 9.17) is 0 Å². The third kappa shape index (κ3) is 3.67. The fraction of sp³-hybridized carbons (Fsp3) is 0.200. The summed E-state index contributed by atoms with van der Waals surface area (Å²) in [7, 11) is 0. The average Bonchev–Trinajstić information content (AvgIpc) is 2.41. The molecule has 0 heterocycles. The molecule has 1 N–H and O–H groups in total. The maximum atomic E-state index is 14.3. The first kappa shape index (κ1) is 16.5. The second-order valence-electron chi connectivity index (χ2n) is 4.45. The van der Waals surface area contributed by atoms with E-state index < -0.39 is 23.5 Å². The maximum absolute atomic E-state index is 14.3. The summed E-state index contributed by atoms with van der Waals surface area (Å²) in [6.45, 7) is 2.29. The van der Waals surface area contributed by atoms with Gasteiger partial charge in [0.25, 0.3) is 0 Å². The van der Waals surface area contributed by atoms with Crippen molar-refractivity contribution in [3.63, 3.8) is 0 Å². The molecule has 0 aromatic heterocycles. The van der Waals surface area contributed by atoms with Crippen molar-refractivity contribution in [1.82, 2.24) is 5.32 Å². The molecule has 0 bridgehead atoms. The van der Waals surface area contributed by atoms with E-state index in [1.165, 1.54) is 24.3 Å². The van der Waals surface area contributed by atoms with Gasteiger partial charge in [0.15, 0.2) is 0 Å². The van der Waals surface area contributed by atoms with E-state index >= 15 is 0 Å². The summed E-state index contributed by atoms with van der Waals surface area (Å²) in [6.07, 6.45) is 0. The van der Waals surface area contributed by atoms with Crippen LogP contribution in [-0.4, -0.2) is 6.54 Å². The van der Waals surface area contributed by atoms with E-state index in [0.29, 0.717) is 16.6 Å². The zero-order chi connectivity index (χ0) is 15.6. The van der Waals surface area contributed by atoms with Gasteiger partial charge in [0.1, 0.15) is 17.5 Å². The molecule has 1 nitrogen and oxygen atoms in total. The number of rotatable bonds is 4. The number of hydrogen-bond donors (Lipinski definition) is 1. The first-order chi connectivity index (χ1) is 9.93. The summed E-state index contributed by atoms with van der Waals surface area (Å²) in [5.41, 5.74) is 0.309. The van der Waals surface area contributed by atoms with Gasteiger partial charge in [-0.2, -0.15) is 0 Å². The minimum Gasteiger partial charge on any atom is -0.306 e. The fourth-order valence-corrected chi connectivity index (χ4v) is 2.97. The van der Waals surface area contributed by atoms with Crippen molar-refractivity contribution in [3.8, 4) is 0 Å². The molecule has 0 aliphatic heterocycles. The molecule has 0 aliphatic rings. The summed E-state index contributed by atoms with van der Waals surface area (Å²) in [6, 6.07) is 5.90. The molecule has 0 amide bonds. The largest absolute Gasteiger partial charge is 0.306 e. The molecule has 112 valence electrons. The Morgan fingerprint density at radius 3 is 2.43 bits per heavy atom. The molecule has 1 atom stereocenters. The number of hydrogen-bond acceptors (Lipinski definition) is 1. The Balaban J connectivity index is 2.61. The lowest BCUT2D eigenvalue weighted by atomic mass is 9.97. The Hall–Kier alpha value is -0.850. The maximum Gasteiger partial charge on any atom is 0.145 e. The van der Waals surface area contributed by atoms with Gasteiger partial charge in [0.05, 0.1) is 10.5 Å². The summed E-state index contributed by atoms with van der Waals surface area (Å²) >= 11 is 6.24. The van der Waals surface area contributed by atoms with Crippen molar-refractivity contribution in [3.05, 3.63) is 67.9 Å². The SMILES string of the molecule is CCNC(c1cc(F)cc(Br)c1)c1c(F)ccc(Br)c1F. The standard InChI is InChI=1S/C15H12Br2F3N/c1-2-21-15(8-5-9(16)7-10(18)6-8)13-12(19)4-3-11(17)14(13)20/h3-7,15,21H,2H2,1H3. The normalized spacial score (nSPS) is 12.5. The second-order valence-corrected chi connectivity index (χ2v) is 6.22. The number of nitrogens with one attached hydrogen (secondary N) is 1. The lowest BCUT2D eigenvalue weighted by Gasteiger charge is -2.21. The summed E-state index contributed by atoms with van der Waals surface area (Å²) in [4.78, 5) is 0. The molecular formula is C15H12Br2F3N. The smallest absolute Gasteiger partial charge is 0.145 e. The van der Waals surface area contributed by atoms with E-state index in [9.17, 15) is 13.2 Å². The molecule has 6 heteroatoms. The fourth-order valence-electron chi connectivity index (χ4n) is 2.14. The third-order valence-corrected chi connectivity index (χ3v) is 4.06. The van der Waals surface area contributed by atoms with Gasteiger partial charge < -0.3 is 5.32 Å². The highest BCUT2D eigenvalue weighted by Gasteiger charge is 2.23. The highest BCUT2D eigenvalue weighted by atomic mass is 79.9. The molecule has 0 radical (unpaired) electrons. The predicted octanol–water partition coefficient (Wildman–Crippen LogP) is 5.33. The summed E-state index contributed by atoms with van der Waals surface area (Å²) in [5.74, 6) is -1.85. The Kier molecular flexibility index (Phi) is 5.46. The molecular weight excluding hydrogens is 411 g/mol. The monoisotopic (exact) mass is 421 g/mol. The van der Waals surface area contributed by atoms with Crippen LogP contribution in [0.1, 0.15) is 24.1 Å². The molecule has 2 rings (SSSR count). The summed E-state index contributed by atoms with van der Waals surface area (Å²) in [5, 5.41) is 2.99. The van der Waals surface area contributed by atoms with Gasteiger partial charge in [0, 0.05) is 10.0 Å². The molecule has 0 saturated heterocycles. The van der Waals surface area contributed by atoms with E-state index in [1.54, 1.807) is 6.07 Å². The van der Waals surface area contributed by atoms with E-state index in [0.717, 1.165) is 0 Å². The van der Waals surface area contributed by atoms with Crippen LogP contribution < -0.4 is 5.32 Å². The van der Waals surface area contributed by atoms with Crippen LogP contribution in [0.15, 0.2) is 39.3 Å². The summed E-state index contributed by atoms with van der Waals surface area (Å²) < 4.78 is 42.6. The van der Waals surface area contributed by atoms with Crippen LogP contribution in [0.4, 0.5) is 13.2 Å². The third-order valence-electron chi connectivity index (χ3n) is 2.99. The van der Waals surface area contributed by atoms with Crippen LogP contribution in [0.2, 0.25) is 0 Å². The van der Waals surface area contributed by atoms with Gasteiger partial charge in [-0.25, -0.2) is 13.2 Å². The lowest BCUT2D eigenvalue weighted by Crippen LogP contribution is -2.24. The van der Waals surface area contributed by atoms with Crippen molar-refractivity contribution < 1.29 is 13.2 Å². The van der Waals surface area contributed by atoms with Gasteiger partial charge in [-0.15, -0.1) is 0 Å². The highest BCUT2D eigenvalue weighted by Crippen LogP contribution is 2.32. The van der Waals surface area contributed by atoms with Crippen LogP contribution in [0.25, 0.3) is 0 Å². The van der Waals surface area contributed by atoms with E-state index in [2.05, 4.69) is 37.2 Å². The van der Waals surface area contributed by atoms with Crippen molar-refractivity contribution in [2.24, 2.45) is 0 Å². The van der Waals surface area contributed by atoms with Crippen LogP contribution in [0.3, 0.4) is 0 Å². The van der Waals surface area contributed by atoms with Gasteiger partial charge >= 0.3 is 0 Å². The molecule has 2 aromatic rings. The van der Waals surface area contributed by atoms with Crippen molar-refractivity contribution in [2.45, 2.75) is 13.0 Å². The van der Waals surface area contributed by atoms with Crippen LogP contribution in [0, 0.1) is 17.5 Å². The van der Waals surface area contributed by atoms with Gasteiger partial charge in [-0.1, -0.05) is 22.9 Å². The Morgan fingerprint density at radius 1 is 1.10 bits per heavy atom. The molecule has 2 aromatic carbocycles. The Morgan fingerprint density at radius 2 is 1.81 bits per heavy atom. The van der Waals surface area contributed by atoms with Crippen LogP contribution in [-0.2, 0) is 0 Å². The van der Waals surface area contributed by atoms with Crippen molar-refractivity contribution in [2.75, 3.05) is 6.54 Å². The molecule has 21 heavy (non-hydrogen) atoms. The molecule has 1 unspecified atom stereocenters. The molecule has 0 saturated carbocycles. The van der Waals surface area contributed by atoms with Crippen LogP contribution in [0.5, 0.6) is 0 Å². The van der Waals surface area contributed by atoms with Crippen LogP contribution >= 0.6 is 31.9 Å². The average molecular weight is 423 g/mol. The van der Waals surface area contributed by atoms with E-state index in [-0.39, 0.29) is 10.0 Å². The first-order valence-electron chi connectivity index (χ1n) is 6.26. The molecule has 0 aliphatic carbocycles. The quantitative estimate of drug-likeness (QED) is 0.656. The second kappa shape index (κ2) is 6.94. The Labute approximate surface area is 137 Å². The lowest BCUT2D eigenvalue weighted by molar-refractivity contribution is 0.505. The van der Waals surface area contributed by atoms with Gasteiger partial charge in [0.2, 0.25) is 0 Å². The minimum atomic E-state index is -0.778. The number of halogens is 5. The van der Waals surface area contributed by atoms with Gasteiger partial charge in [-0.3, -0.25) is 0 Å². The zero-order valence-electron chi connectivity index (χ0n) is 11.1. The van der Waals surface area contributed by atoms with Crippen molar-refractivity contribution in [1.29, 1.82) is 0 Å². The molecule has 0 spiro atoms. The van der Waals surface area contributed by atoms with Crippen molar-refractivity contribution >= 4 is 31.9 Å². The predicted molar refractivity (Wildman–Crippen MR) is 83.7 cm³/mol. The Bertz CT molecular complexity index is 641. The first-order valence-corrected chi connectivity index (χ1v) is 7.85. The highest BCUT2D eigenvalue weighted by molar-refractivity contribution is 9.10. The van der Waals surface area contributed by atoms with E-state index in [1.807, 2.05) is 6.92 Å². The topological polar surface area (TPSA) is 12.0 Å². The zero-order valence-corrected chi connectivity index (χ0v) is 14.2.